The van der Waals surface area contributed by atoms with Crippen molar-refractivity contribution in [3.8, 4) is 0 Å². The minimum atomic E-state index is -4.38. The molecule has 0 aliphatic carbocycles. The molecule has 0 unspecified atom stereocenters. The smallest absolute Gasteiger partial charge is 0.370 e. The maximum Gasteiger partial charge on any atom is 0.434 e. The van der Waals surface area contributed by atoms with Gasteiger partial charge in [0, 0.05) is 24.9 Å². The fraction of sp³-hybridized carbons (Fsp3) is 0.733. The average Bonchev–Trinajstić information content (AvgIpc) is 2.95. The number of guanidine groups is 1. The molecule has 0 fully saturated rings. The summed E-state index contributed by atoms with van der Waals surface area (Å²) in [4.78, 5) is 7.77. The molecule has 0 radical (unpaired) electrons. The molecule has 132 valence electrons. The molecule has 0 spiro atoms. The third-order valence-corrected chi connectivity index (χ3v) is 4.19. The summed E-state index contributed by atoms with van der Waals surface area (Å²) in [6.07, 6.45) is 3.18. The fourth-order valence-corrected chi connectivity index (χ4v) is 2.81. The van der Waals surface area contributed by atoms with Crippen LogP contribution in [-0.2, 0) is 12.6 Å². The lowest BCUT2D eigenvalue weighted by Gasteiger charge is -2.04. The van der Waals surface area contributed by atoms with Crippen LogP contribution in [0.4, 0.5) is 13.2 Å². The molecule has 23 heavy (non-hydrogen) atoms. The monoisotopic (exact) mass is 350 g/mol. The fourth-order valence-electron chi connectivity index (χ4n) is 2.00. The summed E-state index contributed by atoms with van der Waals surface area (Å²) in [5.74, 6) is 0.339. The summed E-state index contributed by atoms with van der Waals surface area (Å²) in [6, 6.07) is 0. The first-order valence-electron chi connectivity index (χ1n) is 7.99. The SMILES string of the molecule is CCCCCCCCN=C(N)NCCc1nc(C(F)(F)F)cs1. The van der Waals surface area contributed by atoms with E-state index >= 15 is 0 Å². The Kier molecular flexibility index (Phi) is 8.98. The first-order chi connectivity index (χ1) is 10.9. The van der Waals surface area contributed by atoms with Crippen LogP contribution in [0.15, 0.2) is 10.4 Å². The molecule has 8 heteroatoms. The molecule has 0 aromatic carbocycles. The molecule has 0 saturated heterocycles. The van der Waals surface area contributed by atoms with Crippen molar-refractivity contribution in [2.24, 2.45) is 10.7 Å². The van der Waals surface area contributed by atoms with Crippen LogP contribution in [0.1, 0.15) is 56.2 Å². The Morgan fingerprint density at radius 1 is 1.26 bits per heavy atom. The Bertz CT molecular complexity index is 472. The number of nitrogens with one attached hydrogen (secondary N) is 1. The van der Waals surface area contributed by atoms with Crippen LogP contribution in [0.25, 0.3) is 0 Å². The van der Waals surface area contributed by atoms with Crippen LogP contribution in [0, 0.1) is 0 Å². The number of halogens is 3. The summed E-state index contributed by atoms with van der Waals surface area (Å²) in [6.45, 7) is 3.30. The van der Waals surface area contributed by atoms with Gasteiger partial charge in [0.25, 0.3) is 0 Å². The van der Waals surface area contributed by atoms with Crippen LogP contribution in [0.5, 0.6) is 0 Å². The van der Waals surface area contributed by atoms with Crippen molar-refractivity contribution < 1.29 is 13.2 Å². The zero-order valence-electron chi connectivity index (χ0n) is 13.5. The van der Waals surface area contributed by atoms with Crippen LogP contribution < -0.4 is 11.1 Å². The first kappa shape index (κ1) is 19.7. The second-order valence-corrected chi connectivity index (χ2v) is 6.28. The highest BCUT2D eigenvalue weighted by Crippen LogP contribution is 2.29. The number of hydrogen-bond acceptors (Lipinski definition) is 3. The number of alkyl halides is 3. The second-order valence-electron chi connectivity index (χ2n) is 5.34. The predicted molar refractivity (Wildman–Crippen MR) is 88.7 cm³/mol. The molecule has 4 nitrogen and oxygen atoms in total. The molecule has 0 saturated carbocycles. The van der Waals surface area contributed by atoms with Gasteiger partial charge in [0.2, 0.25) is 0 Å². The Balaban J connectivity index is 2.14. The number of aromatic nitrogens is 1. The van der Waals surface area contributed by atoms with E-state index in [4.69, 9.17) is 5.73 Å². The van der Waals surface area contributed by atoms with Gasteiger partial charge in [-0.25, -0.2) is 4.98 Å². The van der Waals surface area contributed by atoms with Crippen LogP contribution in [0.3, 0.4) is 0 Å². The van der Waals surface area contributed by atoms with Gasteiger partial charge in [0.15, 0.2) is 11.7 Å². The number of nitrogens with zero attached hydrogens (tertiary/aromatic N) is 2. The number of rotatable bonds is 10. The molecule has 0 aliphatic heterocycles. The van der Waals surface area contributed by atoms with Crippen molar-refractivity contribution in [1.82, 2.24) is 10.3 Å². The Morgan fingerprint density at radius 2 is 1.96 bits per heavy atom. The van der Waals surface area contributed by atoms with Crippen molar-refractivity contribution in [3.05, 3.63) is 16.1 Å². The maximum absolute atomic E-state index is 12.4. The number of unbranched alkanes of at least 4 members (excludes halogenated alkanes) is 5. The molecule has 1 rings (SSSR count). The minimum Gasteiger partial charge on any atom is -0.370 e. The van der Waals surface area contributed by atoms with E-state index in [1.54, 1.807) is 0 Å². The van der Waals surface area contributed by atoms with Gasteiger partial charge in [-0.15, -0.1) is 11.3 Å². The van der Waals surface area contributed by atoms with E-state index in [0.717, 1.165) is 29.6 Å². The van der Waals surface area contributed by atoms with Crippen molar-refractivity contribution in [2.75, 3.05) is 13.1 Å². The molecular weight excluding hydrogens is 325 g/mol. The highest BCUT2D eigenvalue weighted by molar-refractivity contribution is 7.09. The van der Waals surface area contributed by atoms with Gasteiger partial charge in [-0.3, -0.25) is 4.99 Å². The molecular formula is C15H25F3N4S. The van der Waals surface area contributed by atoms with Crippen molar-refractivity contribution in [3.63, 3.8) is 0 Å². The lowest BCUT2D eigenvalue weighted by molar-refractivity contribution is -0.140. The van der Waals surface area contributed by atoms with Gasteiger partial charge < -0.3 is 11.1 Å². The number of thiazole rings is 1. The minimum absolute atomic E-state index is 0.339. The van der Waals surface area contributed by atoms with Crippen molar-refractivity contribution in [1.29, 1.82) is 0 Å². The number of nitrogens with two attached hydrogens (primary N) is 1. The molecule has 3 N–H and O–H groups in total. The van der Waals surface area contributed by atoms with Crippen LogP contribution >= 0.6 is 11.3 Å². The van der Waals surface area contributed by atoms with Gasteiger partial charge in [0.05, 0.1) is 5.01 Å². The Morgan fingerprint density at radius 3 is 2.61 bits per heavy atom. The van der Waals surface area contributed by atoms with E-state index in [-0.39, 0.29) is 0 Å². The highest BCUT2D eigenvalue weighted by Gasteiger charge is 2.33. The van der Waals surface area contributed by atoms with Crippen molar-refractivity contribution in [2.45, 2.75) is 58.0 Å². The quantitative estimate of drug-likeness (QED) is 0.381. The highest BCUT2D eigenvalue weighted by atomic mass is 32.1. The normalized spacial score (nSPS) is 12.6. The molecule has 0 bridgehead atoms. The zero-order chi connectivity index (χ0) is 17.1. The second kappa shape index (κ2) is 10.5. The average molecular weight is 350 g/mol. The summed E-state index contributed by atoms with van der Waals surface area (Å²) in [5.41, 5.74) is 4.89. The molecule has 1 heterocycles. The summed E-state index contributed by atoms with van der Waals surface area (Å²) < 4.78 is 37.2. The molecule has 0 amide bonds. The Labute approximate surface area is 139 Å². The standard InChI is InChI=1S/C15H25F3N4S/c1-2-3-4-5-6-7-9-20-14(19)21-10-8-13-22-12(11-23-13)15(16,17)18/h11H,2-10H2,1H3,(H3,19,20,21). The van der Waals surface area contributed by atoms with Gasteiger partial charge in [0.1, 0.15) is 0 Å². The zero-order valence-corrected chi connectivity index (χ0v) is 14.3. The lowest BCUT2D eigenvalue weighted by atomic mass is 10.1. The third kappa shape index (κ3) is 8.78. The van der Waals surface area contributed by atoms with E-state index in [1.807, 2.05) is 0 Å². The molecule has 0 atom stereocenters. The molecule has 1 aromatic heterocycles. The first-order valence-corrected chi connectivity index (χ1v) is 8.87. The summed E-state index contributed by atoms with van der Waals surface area (Å²) in [5, 5.41) is 4.38. The van der Waals surface area contributed by atoms with E-state index in [1.165, 1.54) is 25.7 Å². The molecule has 0 aliphatic rings. The van der Waals surface area contributed by atoms with Crippen LogP contribution in [-0.4, -0.2) is 24.0 Å². The number of hydrogen-bond donors (Lipinski definition) is 2. The lowest BCUT2D eigenvalue weighted by Crippen LogP contribution is -2.33. The van der Waals surface area contributed by atoms with Gasteiger partial charge >= 0.3 is 6.18 Å². The summed E-state index contributed by atoms with van der Waals surface area (Å²) >= 11 is 1.01. The van der Waals surface area contributed by atoms with Gasteiger partial charge in [-0.1, -0.05) is 39.0 Å². The Hall–Kier alpha value is -1.31. The van der Waals surface area contributed by atoms with Crippen molar-refractivity contribution >= 4 is 17.3 Å². The van der Waals surface area contributed by atoms with E-state index in [0.29, 0.717) is 30.5 Å². The van der Waals surface area contributed by atoms with Gasteiger partial charge in [-0.2, -0.15) is 13.2 Å². The molecule has 1 aromatic rings. The number of aliphatic imine (C=N–C) groups is 1. The largest absolute Gasteiger partial charge is 0.434 e. The maximum atomic E-state index is 12.4. The summed E-state index contributed by atoms with van der Waals surface area (Å²) in [7, 11) is 0. The van der Waals surface area contributed by atoms with E-state index < -0.39 is 11.9 Å². The third-order valence-electron chi connectivity index (χ3n) is 3.28. The van der Waals surface area contributed by atoms with Crippen LogP contribution in [0.2, 0.25) is 0 Å². The predicted octanol–water partition coefficient (Wildman–Crippen LogP) is 3.97. The van der Waals surface area contributed by atoms with E-state index in [9.17, 15) is 13.2 Å². The van der Waals surface area contributed by atoms with Gasteiger partial charge in [-0.05, 0) is 6.42 Å². The van der Waals surface area contributed by atoms with E-state index in [2.05, 4.69) is 22.2 Å². The topological polar surface area (TPSA) is 63.3 Å².